The Morgan fingerprint density at radius 1 is 0.273 bits per heavy atom. The minimum absolute atomic E-state index is 0. The van der Waals surface area contributed by atoms with Crippen LogP contribution in [0.2, 0.25) is 0 Å². The van der Waals surface area contributed by atoms with Crippen molar-refractivity contribution in [3.05, 3.63) is 380 Å². The number of para-hydroxylation sites is 8. The Labute approximate surface area is 755 Å². The molecule has 5 nitrogen and oxygen atoms in total. The molecule has 8 aliphatic heterocycles. The second-order valence-corrected chi connectivity index (χ2v) is 45.6. The van der Waals surface area contributed by atoms with Crippen LogP contribution in [0.5, 0.6) is 0 Å². The Hall–Kier alpha value is -12.2. The van der Waals surface area contributed by atoms with Gasteiger partial charge in [-0.15, -0.1) is 0 Å². The number of benzene rings is 16. The second kappa shape index (κ2) is 28.2. The third-order valence-corrected chi connectivity index (χ3v) is 38.2. The molecule has 8 aliphatic rings. The van der Waals surface area contributed by atoms with Gasteiger partial charge in [0.1, 0.15) is 0 Å². The summed E-state index contributed by atoms with van der Waals surface area (Å²) in [5, 5.41) is 10.4. The number of fused-ring (bicyclic) bond motifs is 28. The zero-order valence-corrected chi connectivity index (χ0v) is 76.9. The van der Waals surface area contributed by atoms with Gasteiger partial charge in [0.25, 0.3) is 0 Å². The van der Waals surface area contributed by atoms with Crippen molar-refractivity contribution in [3.63, 3.8) is 0 Å². The Morgan fingerprint density at radius 2 is 0.602 bits per heavy atom. The van der Waals surface area contributed by atoms with Crippen LogP contribution in [-0.2, 0) is 21.7 Å². The van der Waals surface area contributed by atoms with E-state index in [1.807, 2.05) is 18.2 Å². The summed E-state index contributed by atoms with van der Waals surface area (Å²) >= 11 is -11.0. The van der Waals surface area contributed by atoms with Crippen molar-refractivity contribution in [1.29, 1.82) is 0 Å². The molecule has 0 saturated carbocycles. The first-order valence-electron chi connectivity index (χ1n) is 44.0. The molecule has 16 aromatic carbocycles. The molecule has 4 aromatic heterocycles. The smallest absolute Gasteiger partial charge is 0.247 e. The average molecular weight is 1900 g/mol. The SMILES string of the molecule is CC1(C)c2ccc(I(F)(F)=NI(F)F)cc2B2c3c(cccc31)-n1c3ccccc3c3cccc2c31.Cc1ccc2c(c1)C(C)(C)c1cccc3c1B2c1cccc2c4ccccc4n-3c12.Cc1ccc2c3c1C(C)(C)c1ccccc1B3c1cccc3c4ccccc4n-2c13.Cc1cccc2c1C(C)(C)c1cccc3c1B2c1cccc2c4ccccc4n-3c12.[F-].[F-]. The van der Waals surface area contributed by atoms with Gasteiger partial charge in [-0.1, -0.05) is 264 Å². The predicted octanol–water partition coefficient (Wildman–Crippen LogP) is 15.3. The van der Waals surface area contributed by atoms with Crippen LogP contribution < -0.4 is 75.0 Å². The van der Waals surface area contributed by atoms with Gasteiger partial charge in [-0.05, 0) is 134 Å². The van der Waals surface area contributed by atoms with Gasteiger partial charge < -0.3 is 23.1 Å². The van der Waals surface area contributed by atoms with Crippen LogP contribution >= 0.6 is 40.6 Å². The van der Waals surface area contributed by atoms with Crippen molar-refractivity contribution < 1.29 is 20.8 Å². The van der Waals surface area contributed by atoms with Crippen molar-refractivity contribution in [2.75, 3.05) is 0 Å². The predicted molar refractivity (Wildman–Crippen MR) is 544 cm³/mol. The molecule has 0 N–H and O–H groups in total. The van der Waals surface area contributed by atoms with Crippen molar-refractivity contribution >= 4 is 220 Å². The number of rotatable bonds is 2. The van der Waals surface area contributed by atoms with Crippen molar-refractivity contribution in [2.45, 2.75) is 97.8 Å². The van der Waals surface area contributed by atoms with Gasteiger partial charge in [0, 0.05) is 82.2 Å². The average Bonchev–Trinajstić information content (AvgIpc) is 1.39. The number of hydrogen-bond acceptors (Lipinski definition) is 1. The Morgan fingerprint density at radius 3 is 1.07 bits per heavy atom. The molecular formula is C111H85B4F6I2N5-2. The van der Waals surface area contributed by atoms with Gasteiger partial charge >= 0.3 is 221 Å². The minimum atomic E-state index is -6.10. The van der Waals surface area contributed by atoms with Crippen molar-refractivity contribution in [3.8, 4) is 22.7 Å². The van der Waals surface area contributed by atoms with Gasteiger partial charge in [-0.25, -0.2) is 0 Å². The maximum atomic E-state index is 15.0. The molecule has 0 fully saturated rings. The number of halogens is 8. The normalized spacial score (nSPS) is 15.3. The quantitative estimate of drug-likeness (QED) is 0.0939. The van der Waals surface area contributed by atoms with Crippen molar-refractivity contribution in [2.24, 2.45) is 1.36 Å². The molecule has 28 rings (SSSR count). The Kier molecular flexibility index (Phi) is 17.7. The Balaban J connectivity index is 0.0000000974. The number of hydrogen-bond donors (Lipinski definition) is 0. The summed E-state index contributed by atoms with van der Waals surface area (Å²) in [6.45, 7) is 26.0. The molecule has 0 spiro atoms. The molecular weight excluding hydrogens is 1810 g/mol. The van der Waals surface area contributed by atoms with E-state index in [0.29, 0.717) is 20.1 Å². The molecule has 0 bridgehead atoms. The molecule has 12 heterocycles. The fourth-order valence-corrected chi connectivity index (χ4v) is 31.2. The van der Waals surface area contributed by atoms with E-state index in [1.54, 1.807) is 6.07 Å². The summed E-state index contributed by atoms with van der Waals surface area (Å²) in [5.74, 6) is 0. The Bertz CT molecular complexity index is 8360. The van der Waals surface area contributed by atoms with Crippen LogP contribution in [0.15, 0.2) is 317 Å². The fourth-order valence-electron chi connectivity index (χ4n) is 25.6. The third kappa shape index (κ3) is 10.7. The van der Waals surface area contributed by atoms with Crippen LogP contribution in [0.25, 0.3) is 110 Å². The van der Waals surface area contributed by atoms with Crippen LogP contribution in [0, 0.1) is 24.3 Å². The fraction of sp³-hybridized carbons (Fsp3) is 0.135. The van der Waals surface area contributed by atoms with Gasteiger partial charge in [-0.3, -0.25) is 0 Å². The summed E-state index contributed by atoms with van der Waals surface area (Å²) in [6.07, 6.45) is 0. The van der Waals surface area contributed by atoms with E-state index < -0.39 is 46.1 Å². The standard InChI is InChI=1S/3C28H22BN.C27H19BF4I2N2.2FH/c1-17-15-16-24-26-25(17)28(2,3)20-11-5-6-12-21(20)29(26)22-13-8-10-19-18-9-4-7-14-23(18)30(24)27(19)22;1-17-9-6-13-21-25(17)28(2,3)20-12-8-16-24-26(20)29(21)22-14-7-11-19-18-10-4-5-15-23(18)30(24)27(19)22;1-17-14-15-22-21(16-17)28(2,3)20-10-7-13-25-26(20)29(22)23-11-6-9-19-18-8-4-5-12-24(18)30(25)27(19)23;1-27(2)19-14-13-16(34(31,32)35-33(29)30)15-22(19)28-21-10-5-8-18-17-7-3-4-11-23(17)36(26(18)21)24-12-6-9-20(27)25(24)28;;/h3*4-16H,1-3H3;3-15H,1-2H3;2*1H/p-2. The molecule has 17 heteroatoms. The van der Waals surface area contributed by atoms with Gasteiger partial charge in [0.15, 0.2) is 0 Å². The van der Waals surface area contributed by atoms with E-state index in [-0.39, 0.29) is 35.9 Å². The largest absolute Gasteiger partial charge is 1.00 e. The first kappa shape index (κ1) is 80.4. The number of aryl methyl sites for hydroxylation is 3. The van der Waals surface area contributed by atoms with E-state index in [4.69, 9.17) is 0 Å². The molecule has 0 amide bonds. The number of nitrogens with zero attached hydrogens (tertiary/aromatic N) is 5. The van der Waals surface area contributed by atoms with Crippen LogP contribution in [0.4, 0.5) is 11.4 Å². The zero-order chi connectivity index (χ0) is 85.6. The minimum Gasteiger partial charge on any atom is -1.00 e. The first-order chi connectivity index (χ1) is 60.9. The van der Waals surface area contributed by atoms with Crippen LogP contribution in [-0.4, -0.2) is 45.1 Å². The second-order valence-electron chi connectivity index (χ2n) is 38.1. The topological polar surface area (TPSA) is 32.1 Å². The van der Waals surface area contributed by atoms with Crippen molar-refractivity contribution in [1.82, 2.24) is 18.3 Å². The third-order valence-electron chi connectivity index (χ3n) is 30.4. The molecule has 0 saturated heterocycles. The first-order valence-corrected chi connectivity index (χ1v) is 50.2. The van der Waals surface area contributed by atoms with Gasteiger partial charge in [0.05, 0.1) is 16.6 Å². The van der Waals surface area contributed by atoms with Crippen LogP contribution in [0.1, 0.15) is 117 Å². The molecule has 0 atom stereocenters. The van der Waals surface area contributed by atoms with E-state index in [9.17, 15) is 11.4 Å². The maximum Gasteiger partial charge on any atom is 0.247 e. The molecule has 0 unspecified atom stereocenters. The molecule has 0 aliphatic carbocycles. The molecule has 0 radical (unpaired) electrons. The van der Waals surface area contributed by atoms with Crippen LogP contribution in [0.3, 0.4) is 0 Å². The van der Waals surface area contributed by atoms with E-state index in [2.05, 4.69) is 375 Å². The van der Waals surface area contributed by atoms with E-state index in [1.165, 1.54) is 194 Å². The van der Waals surface area contributed by atoms with E-state index >= 15 is 0 Å². The monoisotopic (exact) mass is 1900 g/mol. The molecule has 20 aromatic rings. The summed E-state index contributed by atoms with van der Waals surface area (Å²) in [5.41, 5.74) is 46.0. The van der Waals surface area contributed by atoms with Gasteiger partial charge in [0.2, 0.25) is 20.1 Å². The summed E-state index contributed by atoms with van der Waals surface area (Å²) < 4.78 is 68.4. The van der Waals surface area contributed by atoms with Gasteiger partial charge in [-0.2, -0.15) is 0 Å². The zero-order valence-electron chi connectivity index (χ0n) is 72.6. The number of aromatic nitrogens is 4. The molecule has 128 heavy (non-hydrogen) atoms. The summed E-state index contributed by atoms with van der Waals surface area (Å²) in [7, 11) is 0. The van der Waals surface area contributed by atoms with E-state index in [0.717, 1.165) is 55.0 Å². The molecule has 624 valence electrons. The summed E-state index contributed by atoms with van der Waals surface area (Å²) in [4.78, 5) is 0. The maximum absolute atomic E-state index is 15.0. The summed E-state index contributed by atoms with van der Waals surface area (Å²) in [6, 6.07) is 114.